The molecule has 3 heterocycles. The van der Waals surface area contributed by atoms with Gasteiger partial charge in [-0.1, -0.05) is 36.4 Å². The van der Waals surface area contributed by atoms with Gasteiger partial charge in [0.2, 0.25) is 5.78 Å². The van der Waals surface area contributed by atoms with Gasteiger partial charge in [0, 0.05) is 18.3 Å². The monoisotopic (exact) mass is 314 g/mol. The first-order valence-corrected chi connectivity index (χ1v) is 7.95. The Kier molecular flexibility index (Phi) is 2.59. The highest BCUT2D eigenvalue weighted by atomic mass is 16.2. The van der Waals surface area contributed by atoms with Gasteiger partial charge in [-0.05, 0) is 35.4 Å². The smallest absolute Gasteiger partial charge is 0.255 e. The summed E-state index contributed by atoms with van der Waals surface area (Å²) in [6, 6.07) is 18.5. The minimum Gasteiger partial charge on any atom is -0.320 e. The first-order valence-electron chi connectivity index (χ1n) is 7.95. The highest BCUT2D eigenvalue weighted by molar-refractivity contribution is 6.09. The third kappa shape index (κ3) is 1.62. The van der Waals surface area contributed by atoms with Gasteiger partial charge in [-0.3, -0.25) is 9.59 Å². The van der Waals surface area contributed by atoms with Crippen LogP contribution in [0.5, 0.6) is 0 Å². The first kappa shape index (κ1) is 13.3. The fraction of sp³-hybridized carbons (Fsp3) is 0.100. The summed E-state index contributed by atoms with van der Waals surface area (Å²) in [6.45, 7) is 0.428. The quantitative estimate of drug-likeness (QED) is 0.638. The van der Waals surface area contributed by atoms with E-state index in [4.69, 9.17) is 0 Å². The highest BCUT2D eigenvalue weighted by Crippen LogP contribution is 2.39. The van der Waals surface area contributed by atoms with E-state index in [1.165, 1.54) is 0 Å². The maximum Gasteiger partial charge on any atom is 0.255 e. The van der Waals surface area contributed by atoms with Gasteiger partial charge in [-0.2, -0.15) is 0 Å². The largest absolute Gasteiger partial charge is 0.320 e. The second-order valence-corrected chi connectivity index (χ2v) is 6.18. The fourth-order valence-corrected chi connectivity index (χ4v) is 3.81. The summed E-state index contributed by atoms with van der Waals surface area (Å²) in [4.78, 5) is 27.8. The number of para-hydroxylation sites is 1. The molecule has 1 atom stereocenters. The molecule has 0 radical (unpaired) electrons. The lowest BCUT2D eigenvalue weighted by atomic mass is 9.98. The van der Waals surface area contributed by atoms with Crippen molar-refractivity contribution in [3.8, 4) is 5.69 Å². The average Bonchev–Trinajstić information content (AvgIpc) is 3.18. The lowest BCUT2D eigenvalue weighted by molar-refractivity contribution is 0.0634. The van der Waals surface area contributed by atoms with Crippen molar-refractivity contribution in [3.63, 3.8) is 0 Å². The van der Waals surface area contributed by atoms with Crippen molar-refractivity contribution in [2.75, 3.05) is 0 Å². The lowest BCUT2D eigenvalue weighted by Gasteiger charge is -2.29. The van der Waals surface area contributed by atoms with Crippen LogP contribution < -0.4 is 0 Å². The van der Waals surface area contributed by atoms with Gasteiger partial charge in [-0.15, -0.1) is 0 Å². The molecule has 1 aromatic heterocycles. The topological polar surface area (TPSA) is 42.3 Å². The van der Waals surface area contributed by atoms with E-state index in [0.29, 0.717) is 17.8 Å². The molecule has 0 bridgehead atoms. The molecule has 0 N–H and O–H groups in total. The molecule has 4 heteroatoms. The van der Waals surface area contributed by atoms with Crippen molar-refractivity contribution in [2.24, 2.45) is 0 Å². The number of nitrogens with zero attached hydrogens (tertiary/aromatic N) is 2. The van der Waals surface area contributed by atoms with E-state index in [1.54, 1.807) is 11.0 Å². The maximum absolute atomic E-state index is 13.2. The third-order valence-electron chi connectivity index (χ3n) is 4.90. The second kappa shape index (κ2) is 4.68. The number of fused-ring (bicyclic) bond motifs is 6. The Hall–Kier alpha value is -3.14. The summed E-state index contributed by atoms with van der Waals surface area (Å²) in [5, 5.41) is 0. The van der Waals surface area contributed by atoms with Gasteiger partial charge in [0.25, 0.3) is 5.91 Å². The number of amides is 1. The minimum atomic E-state index is -0.546. The Morgan fingerprint density at radius 1 is 0.875 bits per heavy atom. The zero-order valence-corrected chi connectivity index (χ0v) is 12.8. The zero-order valence-electron chi connectivity index (χ0n) is 12.8. The van der Waals surface area contributed by atoms with Crippen LogP contribution in [0.4, 0.5) is 0 Å². The Bertz CT molecular complexity index is 1000. The molecule has 1 amide bonds. The van der Waals surface area contributed by atoms with Gasteiger partial charge in [-0.25, -0.2) is 0 Å². The number of carbonyl (C=O) groups is 2. The Morgan fingerprint density at radius 3 is 2.58 bits per heavy atom. The summed E-state index contributed by atoms with van der Waals surface area (Å²) in [5.41, 5.74) is 4.04. The van der Waals surface area contributed by atoms with E-state index in [0.717, 1.165) is 16.8 Å². The predicted octanol–water partition coefficient (Wildman–Crippen LogP) is 3.37. The summed E-state index contributed by atoms with van der Waals surface area (Å²) < 4.78 is 1.93. The van der Waals surface area contributed by atoms with Crippen LogP contribution in [-0.2, 0) is 6.54 Å². The molecule has 2 aliphatic rings. The average molecular weight is 314 g/mol. The number of Topliss-reactive ketones (excluding diaryl/α,β-unsaturated/α-hetero) is 1. The molecule has 0 fully saturated rings. The van der Waals surface area contributed by atoms with Crippen LogP contribution in [0, 0.1) is 0 Å². The standard InChI is InChI=1S/C20H14N2O2/c23-19-17-10-5-11-21(17)16-9-4-1-6-13(16)12-22-18(19)14-7-2-3-8-15(14)20(22)24/h1-11,18H,12H2. The van der Waals surface area contributed by atoms with Crippen LogP contribution in [0.1, 0.15) is 38.0 Å². The molecular weight excluding hydrogens is 300 g/mol. The van der Waals surface area contributed by atoms with Crippen molar-refractivity contribution in [1.29, 1.82) is 0 Å². The Labute approximate surface area is 138 Å². The van der Waals surface area contributed by atoms with E-state index in [2.05, 4.69) is 0 Å². The van der Waals surface area contributed by atoms with Gasteiger partial charge in [0.15, 0.2) is 0 Å². The molecule has 0 saturated heterocycles. The van der Waals surface area contributed by atoms with Crippen molar-refractivity contribution in [3.05, 3.63) is 89.2 Å². The zero-order chi connectivity index (χ0) is 16.3. The molecule has 1 unspecified atom stereocenters. The van der Waals surface area contributed by atoms with E-state index in [-0.39, 0.29) is 11.7 Å². The number of aromatic nitrogens is 1. The molecule has 0 saturated carbocycles. The molecule has 2 aromatic carbocycles. The van der Waals surface area contributed by atoms with Crippen LogP contribution in [0.15, 0.2) is 66.9 Å². The van der Waals surface area contributed by atoms with E-state index in [9.17, 15) is 9.59 Å². The molecule has 3 aromatic rings. The van der Waals surface area contributed by atoms with Crippen molar-refractivity contribution >= 4 is 11.7 Å². The van der Waals surface area contributed by atoms with Crippen LogP contribution in [-0.4, -0.2) is 21.2 Å². The van der Waals surface area contributed by atoms with Gasteiger partial charge >= 0.3 is 0 Å². The molecule has 4 nitrogen and oxygen atoms in total. The molecule has 116 valence electrons. The molecule has 24 heavy (non-hydrogen) atoms. The van der Waals surface area contributed by atoms with Crippen molar-refractivity contribution < 1.29 is 9.59 Å². The summed E-state index contributed by atoms with van der Waals surface area (Å²) in [5.74, 6) is -0.105. The van der Waals surface area contributed by atoms with Crippen molar-refractivity contribution in [2.45, 2.75) is 12.6 Å². The van der Waals surface area contributed by atoms with Gasteiger partial charge < -0.3 is 9.47 Å². The Balaban J connectivity index is 1.79. The predicted molar refractivity (Wildman–Crippen MR) is 89.2 cm³/mol. The third-order valence-corrected chi connectivity index (χ3v) is 4.90. The number of ketones is 1. The van der Waals surface area contributed by atoms with Crippen LogP contribution in [0.25, 0.3) is 5.69 Å². The highest BCUT2D eigenvalue weighted by Gasteiger charge is 2.43. The number of benzene rings is 2. The number of hydrogen-bond acceptors (Lipinski definition) is 2. The summed E-state index contributed by atoms with van der Waals surface area (Å²) in [7, 11) is 0. The number of carbonyl (C=O) groups excluding carboxylic acids is 2. The Morgan fingerprint density at radius 2 is 1.67 bits per heavy atom. The van der Waals surface area contributed by atoms with E-state index >= 15 is 0 Å². The first-order chi connectivity index (χ1) is 11.8. The molecule has 2 aliphatic heterocycles. The van der Waals surface area contributed by atoms with Crippen LogP contribution >= 0.6 is 0 Å². The summed E-state index contributed by atoms with van der Waals surface area (Å²) in [6.07, 6.45) is 1.91. The molecule has 0 aliphatic carbocycles. The van der Waals surface area contributed by atoms with Crippen molar-refractivity contribution in [1.82, 2.24) is 9.47 Å². The SMILES string of the molecule is O=C1c2cccn2-c2ccccc2CN2C(=O)c3ccccc3C12. The number of hydrogen-bond donors (Lipinski definition) is 0. The van der Waals surface area contributed by atoms with E-state index < -0.39 is 6.04 Å². The number of rotatable bonds is 0. The molecule has 0 spiro atoms. The molecular formula is C20H14N2O2. The lowest BCUT2D eigenvalue weighted by Crippen LogP contribution is -2.35. The van der Waals surface area contributed by atoms with Crippen LogP contribution in [0.3, 0.4) is 0 Å². The second-order valence-electron chi connectivity index (χ2n) is 6.18. The van der Waals surface area contributed by atoms with Gasteiger partial charge in [0.1, 0.15) is 6.04 Å². The van der Waals surface area contributed by atoms with E-state index in [1.807, 2.05) is 65.4 Å². The van der Waals surface area contributed by atoms with Gasteiger partial charge in [0.05, 0.1) is 11.4 Å². The fourth-order valence-electron chi connectivity index (χ4n) is 3.81. The maximum atomic E-state index is 13.2. The minimum absolute atomic E-state index is 0.0344. The molecule has 5 rings (SSSR count). The van der Waals surface area contributed by atoms with Crippen LogP contribution in [0.2, 0.25) is 0 Å². The summed E-state index contributed by atoms with van der Waals surface area (Å²) >= 11 is 0. The normalized spacial score (nSPS) is 18.3.